The Hall–Kier alpha value is -2.36. The van der Waals surface area contributed by atoms with Crippen molar-refractivity contribution >= 4 is 12.0 Å². The van der Waals surface area contributed by atoms with Gasteiger partial charge in [0.05, 0.1) is 24.1 Å². The van der Waals surface area contributed by atoms with Gasteiger partial charge in [-0.25, -0.2) is 4.79 Å². The number of allylic oxidation sites excluding steroid dienone is 1. The van der Waals surface area contributed by atoms with Crippen molar-refractivity contribution in [2.75, 3.05) is 7.11 Å². The summed E-state index contributed by atoms with van der Waals surface area (Å²) in [7, 11) is 1.42. The Kier molecular flexibility index (Phi) is 3.14. The van der Waals surface area contributed by atoms with E-state index in [1.807, 2.05) is 31.3 Å². The molecule has 4 nitrogen and oxygen atoms in total. The van der Waals surface area contributed by atoms with E-state index in [0.717, 1.165) is 35.5 Å². The average molecular weight is 268 g/mol. The van der Waals surface area contributed by atoms with Crippen LogP contribution in [0, 0.1) is 6.92 Å². The molecule has 0 aromatic carbocycles. The molecule has 0 amide bonds. The van der Waals surface area contributed by atoms with Gasteiger partial charge in [0.1, 0.15) is 0 Å². The number of pyridine rings is 1. The van der Waals surface area contributed by atoms with Crippen LogP contribution in [0.2, 0.25) is 0 Å². The van der Waals surface area contributed by atoms with Gasteiger partial charge in [0.2, 0.25) is 0 Å². The number of aromatic nitrogens is 2. The molecule has 0 fully saturated rings. The maximum absolute atomic E-state index is 12.1. The minimum atomic E-state index is -0.284. The number of fused-ring (bicyclic) bond motifs is 1. The lowest BCUT2D eigenvalue weighted by Crippen LogP contribution is -2.08. The summed E-state index contributed by atoms with van der Waals surface area (Å²) in [4.78, 5) is 16.2. The topological polar surface area (TPSA) is 44.1 Å². The Labute approximate surface area is 117 Å². The van der Waals surface area contributed by atoms with E-state index < -0.39 is 0 Å². The molecule has 0 atom stereocenters. The number of esters is 1. The first-order chi connectivity index (χ1) is 9.74. The van der Waals surface area contributed by atoms with Crippen molar-refractivity contribution in [1.29, 1.82) is 0 Å². The smallest absolute Gasteiger partial charge is 0.340 e. The van der Waals surface area contributed by atoms with Gasteiger partial charge in [-0.1, -0.05) is 6.08 Å². The molecule has 0 bridgehead atoms. The molecule has 20 heavy (non-hydrogen) atoms. The summed E-state index contributed by atoms with van der Waals surface area (Å²) in [6.07, 6.45) is 8.64. The highest BCUT2D eigenvalue weighted by Crippen LogP contribution is 2.34. The molecule has 3 heterocycles. The minimum absolute atomic E-state index is 0.284. The van der Waals surface area contributed by atoms with Gasteiger partial charge in [-0.3, -0.25) is 4.98 Å². The predicted octanol–water partition coefficient (Wildman–Crippen LogP) is 3.06. The second-order valence-corrected chi connectivity index (χ2v) is 4.81. The number of carbonyl (C=O) groups excluding carboxylic acids is 1. The molecule has 1 aliphatic rings. The average Bonchev–Trinajstić information content (AvgIpc) is 2.79. The number of ether oxygens (including phenoxy) is 1. The normalized spacial score (nSPS) is 13.1. The SMILES string of the molecule is COC(=O)c1c(C)c(-c2cccnc2)n2c1C=CCC2. The van der Waals surface area contributed by atoms with Crippen molar-refractivity contribution in [2.24, 2.45) is 0 Å². The molecular formula is C16H16N2O2. The summed E-state index contributed by atoms with van der Waals surface area (Å²) in [5.41, 5.74) is 4.61. The molecule has 0 aliphatic carbocycles. The predicted molar refractivity (Wildman–Crippen MR) is 77.4 cm³/mol. The van der Waals surface area contributed by atoms with Gasteiger partial charge in [-0.2, -0.15) is 0 Å². The monoisotopic (exact) mass is 268 g/mol. The molecular weight excluding hydrogens is 252 g/mol. The Morgan fingerprint density at radius 3 is 3.00 bits per heavy atom. The van der Waals surface area contributed by atoms with E-state index in [2.05, 4.69) is 15.6 Å². The fraction of sp³-hybridized carbons (Fsp3) is 0.250. The van der Waals surface area contributed by atoms with Crippen LogP contribution in [0.5, 0.6) is 0 Å². The molecule has 102 valence electrons. The van der Waals surface area contributed by atoms with E-state index in [1.165, 1.54) is 7.11 Å². The van der Waals surface area contributed by atoms with E-state index in [-0.39, 0.29) is 5.97 Å². The maximum atomic E-state index is 12.1. The summed E-state index contributed by atoms with van der Waals surface area (Å²) in [6.45, 7) is 2.83. The van der Waals surface area contributed by atoms with E-state index in [9.17, 15) is 4.79 Å². The Morgan fingerprint density at radius 2 is 2.30 bits per heavy atom. The van der Waals surface area contributed by atoms with Crippen molar-refractivity contribution in [2.45, 2.75) is 19.9 Å². The number of methoxy groups -OCH3 is 1. The van der Waals surface area contributed by atoms with Gasteiger partial charge >= 0.3 is 5.97 Å². The molecule has 0 spiro atoms. The number of hydrogen-bond acceptors (Lipinski definition) is 3. The molecule has 4 heteroatoms. The number of nitrogens with zero attached hydrogens (tertiary/aromatic N) is 2. The van der Waals surface area contributed by atoms with E-state index >= 15 is 0 Å². The standard InChI is InChI=1S/C16H16N2O2/c1-11-14(16(19)20-2)13-7-3-4-9-18(13)15(11)12-6-5-8-17-10-12/h3,5-8,10H,4,9H2,1-2H3. The summed E-state index contributed by atoms with van der Waals surface area (Å²) in [6, 6.07) is 3.92. The first-order valence-corrected chi connectivity index (χ1v) is 6.62. The molecule has 0 saturated heterocycles. The lowest BCUT2D eigenvalue weighted by molar-refractivity contribution is 0.0599. The van der Waals surface area contributed by atoms with Crippen LogP contribution in [0.15, 0.2) is 30.6 Å². The molecule has 0 unspecified atom stereocenters. The van der Waals surface area contributed by atoms with Crippen molar-refractivity contribution in [3.05, 3.63) is 47.4 Å². The molecule has 0 radical (unpaired) electrons. The quantitative estimate of drug-likeness (QED) is 0.786. The van der Waals surface area contributed by atoms with Crippen LogP contribution in [0.1, 0.15) is 28.0 Å². The molecule has 1 aliphatic heterocycles. The lowest BCUT2D eigenvalue weighted by Gasteiger charge is -2.14. The van der Waals surface area contributed by atoms with Crippen LogP contribution in [0.3, 0.4) is 0 Å². The molecule has 3 rings (SSSR count). The molecule has 2 aromatic rings. The van der Waals surface area contributed by atoms with E-state index in [4.69, 9.17) is 4.74 Å². The van der Waals surface area contributed by atoms with Gasteiger partial charge in [-0.05, 0) is 37.1 Å². The Morgan fingerprint density at radius 1 is 1.45 bits per heavy atom. The zero-order valence-corrected chi connectivity index (χ0v) is 11.6. The van der Waals surface area contributed by atoms with Crippen molar-refractivity contribution in [3.8, 4) is 11.3 Å². The zero-order valence-electron chi connectivity index (χ0n) is 11.6. The van der Waals surface area contributed by atoms with Crippen molar-refractivity contribution in [3.63, 3.8) is 0 Å². The van der Waals surface area contributed by atoms with Crippen LogP contribution >= 0.6 is 0 Å². The first-order valence-electron chi connectivity index (χ1n) is 6.62. The van der Waals surface area contributed by atoms with Crippen LogP contribution in [-0.4, -0.2) is 22.6 Å². The van der Waals surface area contributed by atoms with Gasteiger partial charge in [-0.15, -0.1) is 0 Å². The number of hydrogen-bond donors (Lipinski definition) is 0. The fourth-order valence-electron chi connectivity index (χ4n) is 2.81. The maximum Gasteiger partial charge on any atom is 0.340 e. The third-order valence-electron chi connectivity index (χ3n) is 3.67. The van der Waals surface area contributed by atoms with Gasteiger partial charge < -0.3 is 9.30 Å². The summed E-state index contributed by atoms with van der Waals surface area (Å²) < 4.78 is 7.11. The highest BCUT2D eigenvalue weighted by Gasteiger charge is 2.25. The molecule has 0 N–H and O–H groups in total. The third-order valence-corrected chi connectivity index (χ3v) is 3.67. The van der Waals surface area contributed by atoms with Gasteiger partial charge in [0.25, 0.3) is 0 Å². The van der Waals surface area contributed by atoms with Gasteiger partial charge in [0, 0.05) is 24.5 Å². The van der Waals surface area contributed by atoms with Crippen LogP contribution in [-0.2, 0) is 11.3 Å². The first kappa shape index (κ1) is 12.7. The van der Waals surface area contributed by atoms with E-state index in [0.29, 0.717) is 5.56 Å². The van der Waals surface area contributed by atoms with Crippen LogP contribution in [0.25, 0.3) is 17.3 Å². The number of rotatable bonds is 2. The Balaban J connectivity index is 2.28. The second kappa shape index (κ2) is 4.96. The summed E-state index contributed by atoms with van der Waals surface area (Å²) in [5, 5.41) is 0. The van der Waals surface area contributed by atoms with Crippen molar-refractivity contribution in [1.82, 2.24) is 9.55 Å². The Bertz CT molecular complexity index is 684. The minimum Gasteiger partial charge on any atom is -0.465 e. The largest absolute Gasteiger partial charge is 0.465 e. The van der Waals surface area contributed by atoms with Crippen LogP contribution < -0.4 is 0 Å². The highest BCUT2D eigenvalue weighted by atomic mass is 16.5. The van der Waals surface area contributed by atoms with Crippen LogP contribution in [0.4, 0.5) is 0 Å². The second-order valence-electron chi connectivity index (χ2n) is 4.81. The van der Waals surface area contributed by atoms with E-state index in [1.54, 1.807) is 6.20 Å². The fourth-order valence-corrected chi connectivity index (χ4v) is 2.81. The number of carbonyl (C=O) groups is 1. The van der Waals surface area contributed by atoms with Gasteiger partial charge in [0.15, 0.2) is 0 Å². The molecule has 2 aromatic heterocycles. The van der Waals surface area contributed by atoms with Crippen molar-refractivity contribution < 1.29 is 9.53 Å². The highest BCUT2D eigenvalue weighted by molar-refractivity contribution is 5.97. The summed E-state index contributed by atoms with van der Waals surface area (Å²) in [5.74, 6) is -0.284. The third kappa shape index (κ3) is 1.84. The molecule has 0 saturated carbocycles. The lowest BCUT2D eigenvalue weighted by atomic mass is 10.1. The zero-order chi connectivity index (χ0) is 14.1. The summed E-state index contributed by atoms with van der Waals surface area (Å²) >= 11 is 0.